The third-order valence-electron chi connectivity index (χ3n) is 1.03. The van der Waals surface area contributed by atoms with Crippen LogP contribution in [-0.4, -0.2) is 0 Å². The molecule has 1 aliphatic rings. The average Bonchev–Trinajstić information content (AvgIpc) is 1.91. The van der Waals surface area contributed by atoms with E-state index in [0.717, 1.165) is 0 Å². The van der Waals surface area contributed by atoms with E-state index in [1.807, 2.05) is 0 Å². The highest BCUT2D eigenvalue weighted by Crippen LogP contribution is 2.58. The highest BCUT2D eigenvalue weighted by Gasteiger charge is 2.20. The van der Waals surface area contributed by atoms with Gasteiger partial charge in [-0.2, -0.15) is 0 Å². The van der Waals surface area contributed by atoms with Crippen molar-refractivity contribution in [3.63, 3.8) is 0 Å². The molecule has 0 aromatic heterocycles. The Balaban J connectivity index is 2.33. The molecule has 0 nitrogen and oxygen atoms in total. The van der Waals surface area contributed by atoms with Crippen LogP contribution in [0.4, 0.5) is 0 Å². The molecule has 0 amide bonds. The second kappa shape index (κ2) is 2.42. The van der Waals surface area contributed by atoms with Crippen LogP contribution in [0.5, 0.6) is 0 Å². The van der Waals surface area contributed by atoms with Crippen molar-refractivity contribution in [2.24, 2.45) is 0 Å². The van der Waals surface area contributed by atoms with E-state index < -0.39 is 0 Å². The molecule has 1 heterocycles. The van der Waals surface area contributed by atoms with E-state index in [1.54, 1.807) is 0 Å². The van der Waals surface area contributed by atoms with Crippen LogP contribution in [0.2, 0.25) is 0 Å². The van der Waals surface area contributed by atoms with Gasteiger partial charge in [0.25, 0.3) is 0 Å². The van der Waals surface area contributed by atoms with Gasteiger partial charge in [0.1, 0.15) is 0 Å². The lowest BCUT2D eigenvalue weighted by Crippen LogP contribution is -1.81. The molecule has 0 aromatic rings. The lowest BCUT2D eigenvalue weighted by atomic mass is 10.4. The topological polar surface area (TPSA) is 0 Å². The molecule has 0 saturated carbocycles. The first-order chi connectivity index (χ1) is 3.30. The molecular weight excluding hydrogens is 122 g/mol. The molecule has 0 spiro atoms. The van der Waals surface area contributed by atoms with Gasteiger partial charge < -0.3 is 0 Å². The maximum absolute atomic E-state index is 2.27. The molecule has 1 aliphatic heterocycles. The fraction of sp³-hybridized carbons (Fsp3) is 0.400. The number of hydrogen-bond donors (Lipinski definition) is 0. The second-order valence-electron chi connectivity index (χ2n) is 1.54. The molecule has 37 valence electrons. The molecule has 0 aromatic carbocycles. The van der Waals surface area contributed by atoms with Crippen LogP contribution >= 0.6 is 17.2 Å². The predicted octanol–water partition coefficient (Wildman–Crippen LogP) is 3.12. The van der Waals surface area contributed by atoms with Crippen molar-refractivity contribution in [1.82, 2.24) is 0 Å². The number of rotatable bonds is 0. The summed E-state index contributed by atoms with van der Waals surface area (Å²) in [6, 6.07) is 0. The summed E-state index contributed by atoms with van der Waals surface area (Å²) < 4.78 is 0. The Morgan fingerprint density at radius 1 is 1.14 bits per heavy atom. The molecule has 0 aliphatic carbocycles. The zero-order valence-electron chi connectivity index (χ0n) is 4.47. The van der Waals surface area contributed by atoms with Crippen LogP contribution in [0.1, 0.15) is 13.8 Å². The lowest BCUT2D eigenvalue weighted by Gasteiger charge is -2.01. The predicted molar refractivity (Wildman–Crippen MR) is 36.0 cm³/mol. The zero-order chi connectivity index (χ0) is 5.28. The van der Waals surface area contributed by atoms with Gasteiger partial charge in [-0.25, -0.2) is 0 Å². The molecule has 0 atom stereocenters. The van der Waals surface area contributed by atoms with Gasteiger partial charge in [0, 0.05) is 17.2 Å². The molecule has 2 heteroatoms. The largest absolute Gasteiger partial charge is 0.0628 e. The molecule has 1 saturated heterocycles. The van der Waals surface area contributed by atoms with Crippen LogP contribution in [0, 0.1) is 17.2 Å². The highest BCUT2D eigenvalue weighted by molar-refractivity contribution is 7.68. The van der Waals surface area contributed by atoms with E-state index in [0.29, 0.717) is 0 Å². The van der Waals surface area contributed by atoms with Crippen molar-refractivity contribution >= 4 is 17.2 Å². The van der Waals surface area contributed by atoms with Crippen molar-refractivity contribution in [3.05, 3.63) is 17.2 Å². The Morgan fingerprint density at radius 3 is 1.71 bits per heavy atom. The van der Waals surface area contributed by atoms with Crippen LogP contribution < -0.4 is 0 Å². The third kappa shape index (κ3) is 1.37. The quantitative estimate of drug-likeness (QED) is 0.441. The SMILES string of the molecule is C[C]1[P][CH][P][C]1C. The minimum absolute atomic E-state index is 1.43. The maximum atomic E-state index is 2.27. The van der Waals surface area contributed by atoms with Crippen molar-refractivity contribution in [2.75, 3.05) is 0 Å². The lowest BCUT2D eigenvalue weighted by molar-refractivity contribution is 1.26. The first kappa shape index (κ1) is 5.99. The van der Waals surface area contributed by atoms with Gasteiger partial charge in [0.05, 0.1) is 0 Å². The number of hydrogen-bond acceptors (Lipinski definition) is 0. The fourth-order valence-corrected chi connectivity index (χ4v) is 2.73. The van der Waals surface area contributed by atoms with E-state index in [-0.39, 0.29) is 0 Å². The van der Waals surface area contributed by atoms with Crippen molar-refractivity contribution in [2.45, 2.75) is 13.8 Å². The van der Waals surface area contributed by atoms with Gasteiger partial charge in [-0.3, -0.25) is 0 Å². The zero-order valence-corrected chi connectivity index (χ0v) is 6.26. The summed E-state index contributed by atoms with van der Waals surface area (Å²) in [4.78, 5) is 0. The van der Waals surface area contributed by atoms with E-state index >= 15 is 0 Å². The molecule has 7 heavy (non-hydrogen) atoms. The third-order valence-corrected chi connectivity index (χ3v) is 3.57. The maximum Gasteiger partial charge on any atom is 0.0197 e. The van der Waals surface area contributed by atoms with Gasteiger partial charge in [0.15, 0.2) is 0 Å². The molecule has 0 bridgehead atoms. The van der Waals surface area contributed by atoms with E-state index in [1.165, 1.54) is 28.5 Å². The monoisotopic (exact) mass is 129 g/mol. The highest BCUT2D eigenvalue weighted by atomic mass is 31.1. The van der Waals surface area contributed by atoms with Gasteiger partial charge in [0.2, 0.25) is 0 Å². The molecule has 0 unspecified atom stereocenters. The molecule has 1 fully saturated rings. The first-order valence-electron chi connectivity index (χ1n) is 2.21. The summed E-state index contributed by atoms with van der Waals surface area (Å²) in [5.74, 6) is 2.27. The Morgan fingerprint density at radius 2 is 1.57 bits per heavy atom. The summed E-state index contributed by atoms with van der Waals surface area (Å²) in [6.45, 7) is 4.38. The average molecular weight is 129 g/mol. The van der Waals surface area contributed by atoms with Crippen LogP contribution in [-0.2, 0) is 0 Å². The van der Waals surface area contributed by atoms with Crippen LogP contribution in [0.15, 0.2) is 0 Å². The van der Waals surface area contributed by atoms with Crippen molar-refractivity contribution < 1.29 is 0 Å². The Labute approximate surface area is 49.0 Å². The van der Waals surface area contributed by atoms with Crippen LogP contribution in [0.25, 0.3) is 0 Å². The van der Waals surface area contributed by atoms with E-state index in [4.69, 9.17) is 0 Å². The van der Waals surface area contributed by atoms with Gasteiger partial charge in [-0.1, -0.05) is 31.0 Å². The van der Waals surface area contributed by atoms with E-state index in [9.17, 15) is 0 Å². The minimum atomic E-state index is 1.43. The Bertz CT molecular complexity index is 55.1. The summed E-state index contributed by atoms with van der Waals surface area (Å²) in [5.41, 5.74) is 3.06. The second-order valence-corrected chi connectivity index (χ2v) is 4.33. The first-order valence-corrected chi connectivity index (χ1v) is 4.14. The van der Waals surface area contributed by atoms with Crippen LogP contribution in [0.3, 0.4) is 0 Å². The van der Waals surface area contributed by atoms with Gasteiger partial charge >= 0.3 is 0 Å². The van der Waals surface area contributed by atoms with Crippen molar-refractivity contribution in [1.29, 1.82) is 0 Å². The van der Waals surface area contributed by atoms with Crippen molar-refractivity contribution in [3.8, 4) is 0 Å². The minimum Gasteiger partial charge on any atom is -0.0628 e. The molecule has 1 rings (SSSR count). The normalized spacial score (nSPS) is 33.4. The molecule has 5 radical (unpaired) electrons. The fourth-order valence-electron chi connectivity index (χ4n) is 0.389. The summed E-state index contributed by atoms with van der Waals surface area (Å²) >= 11 is 0. The Kier molecular flexibility index (Phi) is 2.07. The molecule has 0 N–H and O–H groups in total. The standard InChI is InChI=1S/C5H7P2/c1-4-5(2)7-3-6-4/h3H,1-2H3. The smallest absolute Gasteiger partial charge is 0.0197 e. The summed E-state index contributed by atoms with van der Waals surface area (Å²) in [7, 11) is 2.85. The summed E-state index contributed by atoms with van der Waals surface area (Å²) in [5, 5.41) is 0. The Hall–Kier alpha value is 0.860. The van der Waals surface area contributed by atoms with Gasteiger partial charge in [-0.05, 0) is 0 Å². The van der Waals surface area contributed by atoms with Gasteiger partial charge in [-0.15, -0.1) is 0 Å². The molecular formula is C5H7P2. The summed E-state index contributed by atoms with van der Waals surface area (Å²) in [6.07, 6.45) is 0. The van der Waals surface area contributed by atoms with E-state index in [2.05, 4.69) is 19.8 Å².